The van der Waals surface area contributed by atoms with Crippen molar-refractivity contribution in [2.24, 2.45) is 0 Å². The number of rotatable bonds is 8. The van der Waals surface area contributed by atoms with Crippen molar-refractivity contribution >= 4 is 11.6 Å². The zero-order chi connectivity index (χ0) is 15.8. The van der Waals surface area contributed by atoms with Gasteiger partial charge in [-0.2, -0.15) is 4.39 Å². The maximum absolute atomic E-state index is 13.3. The van der Waals surface area contributed by atoms with Gasteiger partial charge in [0, 0.05) is 17.7 Å². The molecule has 1 N–H and O–H groups in total. The van der Waals surface area contributed by atoms with Gasteiger partial charge in [-0.15, -0.1) is 0 Å². The number of carbonyl (C=O) groups is 1. The van der Waals surface area contributed by atoms with Crippen LogP contribution in [0.15, 0.2) is 18.2 Å². The van der Waals surface area contributed by atoms with Crippen LogP contribution >= 0.6 is 0 Å². The van der Waals surface area contributed by atoms with E-state index in [-0.39, 0.29) is 11.6 Å². The summed E-state index contributed by atoms with van der Waals surface area (Å²) in [5.41, 5.74) is -0.566. The van der Waals surface area contributed by atoms with Crippen LogP contribution < -0.4 is 5.32 Å². The van der Waals surface area contributed by atoms with Crippen molar-refractivity contribution in [1.29, 1.82) is 0 Å². The molecule has 1 rings (SSSR count). The average molecular weight is 296 g/mol. The van der Waals surface area contributed by atoms with Gasteiger partial charge in [-0.05, 0) is 25.0 Å². The molecule has 1 atom stereocenters. The van der Waals surface area contributed by atoms with Crippen LogP contribution in [0, 0.1) is 15.9 Å². The van der Waals surface area contributed by atoms with Gasteiger partial charge in [-0.3, -0.25) is 14.9 Å². The molecule has 0 aromatic heterocycles. The van der Waals surface area contributed by atoms with Crippen LogP contribution in [-0.4, -0.2) is 16.9 Å². The standard InChI is InChI=1S/C15H21FN2O3/c1-3-5-7-12(6-4-2)17-15(19)11-8-9-13(16)14(10-11)18(20)21/h8-10,12H,3-7H2,1-2H3,(H,17,19). The first kappa shape index (κ1) is 17.1. The van der Waals surface area contributed by atoms with Gasteiger partial charge in [-0.1, -0.05) is 33.1 Å². The third-order valence-corrected chi connectivity index (χ3v) is 3.28. The Morgan fingerprint density at radius 1 is 1.33 bits per heavy atom. The second-order valence-corrected chi connectivity index (χ2v) is 5.02. The summed E-state index contributed by atoms with van der Waals surface area (Å²) in [7, 11) is 0. The maximum atomic E-state index is 13.3. The molecule has 0 heterocycles. The summed E-state index contributed by atoms with van der Waals surface area (Å²) in [6.45, 7) is 4.11. The van der Waals surface area contributed by atoms with Gasteiger partial charge in [-0.25, -0.2) is 0 Å². The summed E-state index contributed by atoms with van der Waals surface area (Å²) in [5.74, 6) is -1.33. The smallest absolute Gasteiger partial charge is 0.305 e. The van der Waals surface area contributed by atoms with Gasteiger partial charge < -0.3 is 5.32 Å². The number of nitrogens with zero attached hydrogens (tertiary/aromatic N) is 1. The summed E-state index contributed by atoms with van der Waals surface area (Å²) in [5, 5.41) is 13.6. The summed E-state index contributed by atoms with van der Waals surface area (Å²) >= 11 is 0. The number of hydrogen-bond donors (Lipinski definition) is 1. The van der Waals surface area contributed by atoms with Gasteiger partial charge >= 0.3 is 5.69 Å². The Labute approximate surface area is 123 Å². The SMILES string of the molecule is CCCCC(CCC)NC(=O)c1ccc(F)c([N+](=O)[O-])c1. The monoisotopic (exact) mass is 296 g/mol. The number of halogens is 1. The Balaban J connectivity index is 2.82. The molecule has 0 bridgehead atoms. The predicted octanol–water partition coefficient (Wildman–Crippen LogP) is 3.82. The minimum absolute atomic E-state index is 0.0477. The molecule has 0 aliphatic rings. The Kier molecular flexibility index (Phi) is 6.78. The second kappa shape index (κ2) is 8.34. The quantitative estimate of drug-likeness (QED) is 0.585. The van der Waals surface area contributed by atoms with E-state index in [1.807, 2.05) is 6.92 Å². The third-order valence-electron chi connectivity index (χ3n) is 3.28. The molecular formula is C15H21FN2O3. The zero-order valence-electron chi connectivity index (χ0n) is 12.4. The molecular weight excluding hydrogens is 275 g/mol. The molecule has 1 amide bonds. The van der Waals surface area contributed by atoms with Crippen LogP contribution in [0.4, 0.5) is 10.1 Å². The predicted molar refractivity (Wildman–Crippen MR) is 78.7 cm³/mol. The average Bonchev–Trinajstić information content (AvgIpc) is 2.45. The number of nitro groups is 1. The highest BCUT2D eigenvalue weighted by Gasteiger charge is 2.19. The molecule has 0 aliphatic heterocycles. The molecule has 0 saturated carbocycles. The van der Waals surface area contributed by atoms with Gasteiger partial charge in [0.25, 0.3) is 5.91 Å². The van der Waals surface area contributed by atoms with E-state index in [9.17, 15) is 19.3 Å². The first-order chi connectivity index (χ1) is 9.99. The lowest BCUT2D eigenvalue weighted by Crippen LogP contribution is -2.34. The van der Waals surface area contributed by atoms with Crippen molar-refractivity contribution in [3.05, 3.63) is 39.7 Å². The van der Waals surface area contributed by atoms with Crippen LogP contribution in [0.25, 0.3) is 0 Å². The van der Waals surface area contributed by atoms with E-state index >= 15 is 0 Å². The number of amides is 1. The maximum Gasteiger partial charge on any atom is 0.305 e. The Bertz CT molecular complexity index is 506. The highest BCUT2D eigenvalue weighted by molar-refractivity contribution is 5.95. The van der Waals surface area contributed by atoms with Gasteiger partial charge in [0.05, 0.1) is 4.92 Å². The van der Waals surface area contributed by atoms with Crippen molar-refractivity contribution in [3.63, 3.8) is 0 Å². The van der Waals surface area contributed by atoms with Gasteiger partial charge in [0.2, 0.25) is 5.82 Å². The first-order valence-corrected chi connectivity index (χ1v) is 7.24. The molecule has 0 aliphatic carbocycles. The lowest BCUT2D eigenvalue weighted by Gasteiger charge is -2.17. The lowest BCUT2D eigenvalue weighted by molar-refractivity contribution is -0.387. The molecule has 0 fully saturated rings. The fraction of sp³-hybridized carbons (Fsp3) is 0.533. The van der Waals surface area contributed by atoms with Crippen LogP contribution in [0.5, 0.6) is 0 Å². The van der Waals surface area contributed by atoms with Crippen LogP contribution in [-0.2, 0) is 0 Å². The number of benzene rings is 1. The van der Waals surface area contributed by atoms with E-state index in [1.54, 1.807) is 0 Å². The molecule has 6 heteroatoms. The Morgan fingerprint density at radius 2 is 2.05 bits per heavy atom. The van der Waals surface area contributed by atoms with Crippen molar-refractivity contribution in [3.8, 4) is 0 Å². The van der Waals surface area contributed by atoms with E-state index in [1.165, 1.54) is 6.07 Å². The topological polar surface area (TPSA) is 72.2 Å². The van der Waals surface area contributed by atoms with E-state index < -0.39 is 22.3 Å². The third kappa shape index (κ3) is 5.13. The molecule has 21 heavy (non-hydrogen) atoms. The first-order valence-electron chi connectivity index (χ1n) is 7.24. The molecule has 116 valence electrons. The van der Waals surface area contributed by atoms with Crippen LogP contribution in [0.1, 0.15) is 56.3 Å². The molecule has 0 radical (unpaired) electrons. The van der Waals surface area contributed by atoms with Gasteiger partial charge in [0.1, 0.15) is 0 Å². The summed E-state index contributed by atoms with van der Waals surface area (Å²) < 4.78 is 13.3. The van der Waals surface area contributed by atoms with Crippen molar-refractivity contribution in [1.82, 2.24) is 5.32 Å². The minimum atomic E-state index is -0.937. The van der Waals surface area contributed by atoms with Crippen molar-refractivity contribution in [2.45, 2.75) is 52.0 Å². The number of nitro benzene ring substituents is 1. The van der Waals surface area contributed by atoms with E-state index in [0.717, 1.165) is 44.2 Å². The summed E-state index contributed by atoms with van der Waals surface area (Å²) in [6, 6.07) is 3.24. The minimum Gasteiger partial charge on any atom is -0.349 e. The van der Waals surface area contributed by atoms with E-state index in [4.69, 9.17) is 0 Å². The molecule has 0 spiro atoms. The normalized spacial score (nSPS) is 12.0. The summed E-state index contributed by atoms with van der Waals surface area (Å²) in [6.07, 6.45) is 4.72. The van der Waals surface area contributed by atoms with E-state index in [2.05, 4.69) is 12.2 Å². The largest absolute Gasteiger partial charge is 0.349 e. The summed E-state index contributed by atoms with van der Waals surface area (Å²) in [4.78, 5) is 22.0. The lowest BCUT2D eigenvalue weighted by atomic mass is 10.0. The number of carbonyl (C=O) groups excluding carboxylic acids is 1. The molecule has 1 unspecified atom stereocenters. The number of hydrogen-bond acceptors (Lipinski definition) is 3. The molecule has 1 aromatic rings. The van der Waals surface area contributed by atoms with Crippen LogP contribution in [0.2, 0.25) is 0 Å². The fourth-order valence-electron chi connectivity index (χ4n) is 2.15. The van der Waals surface area contributed by atoms with Crippen LogP contribution in [0.3, 0.4) is 0 Å². The Hall–Kier alpha value is -1.98. The molecule has 1 aromatic carbocycles. The van der Waals surface area contributed by atoms with Crippen molar-refractivity contribution < 1.29 is 14.1 Å². The fourth-order valence-corrected chi connectivity index (χ4v) is 2.15. The zero-order valence-corrected chi connectivity index (χ0v) is 12.4. The highest BCUT2D eigenvalue weighted by Crippen LogP contribution is 2.19. The van der Waals surface area contributed by atoms with E-state index in [0.29, 0.717) is 0 Å². The molecule has 0 saturated heterocycles. The highest BCUT2D eigenvalue weighted by atomic mass is 19.1. The second-order valence-electron chi connectivity index (χ2n) is 5.02. The van der Waals surface area contributed by atoms with Crippen molar-refractivity contribution in [2.75, 3.05) is 0 Å². The Morgan fingerprint density at radius 3 is 2.62 bits per heavy atom. The van der Waals surface area contributed by atoms with Gasteiger partial charge in [0.15, 0.2) is 0 Å². The number of unbranched alkanes of at least 4 members (excludes halogenated alkanes) is 1. The molecule has 5 nitrogen and oxygen atoms in total. The number of nitrogens with one attached hydrogen (secondary N) is 1.